The Morgan fingerprint density at radius 2 is 1.46 bits per heavy atom. The van der Waals surface area contributed by atoms with Crippen molar-refractivity contribution in [2.75, 3.05) is 20.2 Å². The van der Waals surface area contributed by atoms with Crippen LogP contribution >= 0.6 is 0 Å². The zero-order valence-electron chi connectivity index (χ0n) is 16.6. The van der Waals surface area contributed by atoms with Crippen LogP contribution in [0.25, 0.3) is 0 Å². The second-order valence-corrected chi connectivity index (χ2v) is 7.08. The molecule has 0 heterocycles. The Morgan fingerprint density at radius 3 is 2.19 bits per heavy atom. The van der Waals surface area contributed by atoms with Crippen molar-refractivity contribution in [1.29, 1.82) is 0 Å². The number of hydrogen-bond donors (Lipinski definition) is 0. The minimum Gasteiger partial charge on any atom is -0.497 e. The lowest BCUT2D eigenvalue weighted by atomic mass is 10.0. The third-order valence-corrected chi connectivity index (χ3v) is 5.02. The molecule has 142 valence electrons. The zero-order chi connectivity index (χ0) is 18.5. The van der Waals surface area contributed by atoms with Crippen molar-refractivity contribution >= 4 is 0 Å². The Morgan fingerprint density at radius 1 is 0.769 bits per heavy atom. The van der Waals surface area contributed by atoms with Gasteiger partial charge < -0.3 is 4.74 Å². The Balaban J connectivity index is 1.50. The molecule has 0 unspecified atom stereocenters. The number of methoxy groups -OCH3 is 1. The van der Waals surface area contributed by atoms with E-state index in [4.69, 9.17) is 4.74 Å². The third-order valence-electron chi connectivity index (χ3n) is 5.02. The van der Waals surface area contributed by atoms with Crippen LogP contribution in [0.4, 0.5) is 0 Å². The predicted octanol–water partition coefficient (Wildman–Crippen LogP) is 6.10. The molecule has 26 heavy (non-hydrogen) atoms. The molecule has 0 radical (unpaired) electrons. The first-order chi connectivity index (χ1) is 12.8. The molecule has 2 aromatic rings. The van der Waals surface area contributed by atoms with Crippen LogP contribution in [0.3, 0.4) is 0 Å². The van der Waals surface area contributed by atoms with Gasteiger partial charge in [-0.25, -0.2) is 0 Å². The van der Waals surface area contributed by atoms with Crippen LogP contribution in [0.5, 0.6) is 5.75 Å². The number of ether oxygens (including phenoxy) is 1. The zero-order valence-corrected chi connectivity index (χ0v) is 16.6. The summed E-state index contributed by atoms with van der Waals surface area (Å²) in [5.74, 6) is 0.971. The number of benzene rings is 2. The first-order valence-corrected chi connectivity index (χ1v) is 10.2. The standard InChI is InChI=1S/C24H35NO/c1-3-25(21-23-15-10-8-11-16-23)19-12-7-5-4-6-9-14-22-17-13-18-24(20-22)26-2/h8,10-11,13,15-18,20H,3-7,9,12,14,19,21H2,1-2H3. The van der Waals surface area contributed by atoms with Gasteiger partial charge in [0.15, 0.2) is 0 Å². The van der Waals surface area contributed by atoms with E-state index in [-0.39, 0.29) is 0 Å². The maximum atomic E-state index is 5.29. The van der Waals surface area contributed by atoms with Gasteiger partial charge in [0.2, 0.25) is 0 Å². The molecule has 0 N–H and O–H groups in total. The van der Waals surface area contributed by atoms with Crippen LogP contribution in [-0.4, -0.2) is 25.1 Å². The first kappa shape index (κ1) is 20.5. The van der Waals surface area contributed by atoms with Gasteiger partial charge in [0, 0.05) is 6.54 Å². The van der Waals surface area contributed by atoms with Gasteiger partial charge in [-0.3, -0.25) is 4.90 Å². The molecule has 0 fully saturated rings. The van der Waals surface area contributed by atoms with Crippen molar-refractivity contribution in [2.45, 2.75) is 58.4 Å². The van der Waals surface area contributed by atoms with Crippen molar-refractivity contribution in [3.63, 3.8) is 0 Å². The first-order valence-electron chi connectivity index (χ1n) is 10.2. The number of hydrogen-bond acceptors (Lipinski definition) is 2. The topological polar surface area (TPSA) is 12.5 Å². The molecule has 0 aliphatic rings. The quantitative estimate of drug-likeness (QED) is 0.403. The van der Waals surface area contributed by atoms with Crippen LogP contribution in [0.1, 0.15) is 56.6 Å². The van der Waals surface area contributed by atoms with Gasteiger partial charge in [0.05, 0.1) is 7.11 Å². The molecule has 0 aromatic heterocycles. The van der Waals surface area contributed by atoms with Crippen molar-refractivity contribution < 1.29 is 4.74 Å². The summed E-state index contributed by atoms with van der Waals surface area (Å²) >= 11 is 0. The van der Waals surface area contributed by atoms with Gasteiger partial charge >= 0.3 is 0 Å². The predicted molar refractivity (Wildman–Crippen MR) is 112 cm³/mol. The van der Waals surface area contributed by atoms with Crippen molar-refractivity contribution in [3.05, 3.63) is 65.7 Å². The molecule has 0 amide bonds. The average Bonchev–Trinajstić information content (AvgIpc) is 2.70. The van der Waals surface area contributed by atoms with E-state index in [9.17, 15) is 0 Å². The van der Waals surface area contributed by atoms with E-state index in [0.29, 0.717) is 0 Å². The summed E-state index contributed by atoms with van der Waals surface area (Å²) in [7, 11) is 1.73. The summed E-state index contributed by atoms with van der Waals surface area (Å²) in [6, 6.07) is 19.3. The highest BCUT2D eigenvalue weighted by molar-refractivity contribution is 5.28. The Kier molecular flexibility index (Phi) is 9.89. The molecule has 2 heteroatoms. The molecular weight excluding hydrogens is 318 g/mol. The van der Waals surface area contributed by atoms with Crippen LogP contribution in [0, 0.1) is 0 Å². The van der Waals surface area contributed by atoms with E-state index in [1.807, 2.05) is 6.07 Å². The second kappa shape index (κ2) is 12.5. The summed E-state index contributed by atoms with van der Waals surface area (Å²) in [5.41, 5.74) is 2.82. The van der Waals surface area contributed by atoms with Crippen molar-refractivity contribution in [3.8, 4) is 5.75 Å². The van der Waals surface area contributed by atoms with Crippen LogP contribution in [0.15, 0.2) is 54.6 Å². The minimum absolute atomic E-state index is 0.971. The van der Waals surface area contributed by atoms with Gasteiger partial charge in [0.25, 0.3) is 0 Å². The maximum Gasteiger partial charge on any atom is 0.119 e. The minimum atomic E-state index is 0.971. The number of rotatable bonds is 13. The van der Waals surface area contributed by atoms with Crippen molar-refractivity contribution in [1.82, 2.24) is 4.90 Å². The van der Waals surface area contributed by atoms with E-state index in [0.717, 1.165) is 25.3 Å². The van der Waals surface area contributed by atoms with Gasteiger partial charge in [0.1, 0.15) is 5.75 Å². The second-order valence-electron chi connectivity index (χ2n) is 7.08. The fraction of sp³-hybridized carbons (Fsp3) is 0.500. The van der Waals surface area contributed by atoms with Gasteiger partial charge in [-0.15, -0.1) is 0 Å². The summed E-state index contributed by atoms with van der Waals surface area (Å²) < 4.78 is 5.29. The average molecular weight is 354 g/mol. The third kappa shape index (κ3) is 8.05. The molecular formula is C24H35NO. The van der Waals surface area contributed by atoms with Gasteiger partial charge in [-0.2, -0.15) is 0 Å². The number of unbranched alkanes of at least 4 members (excludes halogenated alkanes) is 5. The molecule has 2 aromatic carbocycles. The molecule has 0 aliphatic carbocycles. The molecule has 0 aliphatic heterocycles. The molecule has 2 nitrogen and oxygen atoms in total. The van der Waals surface area contributed by atoms with Gasteiger partial charge in [-0.1, -0.05) is 75.1 Å². The molecule has 0 spiro atoms. The van der Waals surface area contributed by atoms with E-state index in [1.54, 1.807) is 7.11 Å². The van der Waals surface area contributed by atoms with E-state index < -0.39 is 0 Å². The van der Waals surface area contributed by atoms with Crippen LogP contribution in [0.2, 0.25) is 0 Å². The molecule has 0 saturated carbocycles. The highest BCUT2D eigenvalue weighted by Crippen LogP contribution is 2.16. The fourth-order valence-corrected chi connectivity index (χ4v) is 3.39. The largest absolute Gasteiger partial charge is 0.497 e. The normalized spacial score (nSPS) is 11.0. The SMILES string of the molecule is CCN(CCCCCCCCc1cccc(OC)c1)Cc1ccccc1. The summed E-state index contributed by atoms with van der Waals surface area (Å²) in [5, 5.41) is 0. The monoisotopic (exact) mass is 353 g/mol. The lowest BCUT2D eigenvalue weighted by Gasteiger charge is -2.20. The summed E-state index contributed by atoms with van der Waals surface area (Å²) in [6.45, 7) is 5.70. The van der Waals surface area contributed by atoms with Crippen molar-refractivity contribution in [2.24, 2.45) is 0 Å². The molecule has 0 bridgehead atoms. The molecule has 2 rings (SSSR count). The Bertz CT molecular complexity index is 596. The summed E-state index contributed by atoms with van der Waals surface area (Å²) in [6.07, 6.45) is 9.16. The van der Waals surface area contributed by atoms with Crippen LogP contribution < -0.4 is 4.74 Å². The Labute approximate surface area is 160 Å². The fourth-order valence-electron chi connectivity index (χ4n) is 3.39. The van der Waals surface area contributed by atoms with E-state index in [1.165, 1.54) is 56.2 Å². The number of aryl methyl sites for hydroxylation is 1. The van der Waals surface area contributed by atoms with E-state index in [2.05, 4.69) is 60.4 Å². The smallest absolute Gasteiger partial charge is 0.119 e. The molecule has 0 atom stereocenters. The van der Waals surface area contributed by atoms with Gasteiger partial charge in [-0.05, 0) is 55.6 Å². The lowest BCUT2D eigenvalue weighted by molar-refractivity contribution is 0.272. The highest BCUT2D eigenvalue weighted by atomic mass is 16.5. The van der Waals surface area contributed by atoms with Crippen LogP contribution in [-0.2, 0) is 13.0 Å². The number of nitrogens with zero attached hydrogens (tertiary/aromatic N) is 1. The van der Waals surface area contributed by atoms with E-state index >= 15 is 0 Å². The summed E-state index contributed by atoms with van der Waals surface area (Å²) in [4.78, 5) is 2.55. The molecule has 0 saturated heterocycles. The lowest BCUT2D eigenvalue weighted by Crippen LogP contribution is -2.23. The maximum absolute atomic E-state index is 5.29. The Hall–Kier alpha value is -1.80. The highest BCUT2D eigenvalue weighted by Gasteiger charge is 2.03.